The molecule has 0 aliphatic rings. The average molecular weight is 445 g/mol. The first-order valence-electron chi connectivity index (χ1n) is 7.43. The first-order chi connectivity index (χ1) is 10.9. The Bertz CT molecular complexity index is 705. The Morgan fingerprint density at radius 2 is 2.00 bits per heavy atom. The van der Waals surface area contributed by atoms with E-state index in [9.17, 15) is 4.79 Å². The number of fused-ring (bicyclic) bond motifs is 1. The fourth-order valence-electron chi connectivity index (χ4n) is 2.02. The third kappa shape index (κ3) is 5.95. The van der Waals surface area contributed by atoms with Crippen LogP contribution in [-0.2, 0) is 11.3 Å². The molecule has 0 atom stereocenters. The van der Waals surface area contributed by atoms with Crippen LogP contribution in [0.4, 0.5) is 0 Å². The summed E-state index contributed by atoms with van der Waals surface area (Å²) >= 11 is 0. The number of nitrogens with one attached hydrogen (secondary N) is 3. The number of guanidine groups is 1. The standard InChI is InChI=1S/C15H23N7O.HI/c1-15(2,3)19-13(23)10-18-14(16-4)17-9-12-21-20-11-7-5-6-8-22(11)12;/h5-8H,9-10H2,1-4H3,(H,19,23)(H2,16,17,18);1H. The van der Waals surface area contributed by atoms with Crippen molar-refractivity contribution in [3.8, 4) is 0 Å². The third-order valence-electron chi connectivity index (χ3n) is 2.95. The van der Waals surface area contributed by atoms with Crippen LogP contribution < -0.4 is 16.0 Å². The molecule has 2 aromatic rings. The lowest BCUT2D eigenvalue weighted by atomic mass is 10.1. The average Bonchev–Trinajstić information content (AvgIpc) is 2.89. The Morgan fingerprint density at radius 1 is 1.25 bits per heavy atom. The minimum Gasteiger partial charge on any atom is -0.350 e. The number of carbonyl (C=O) groups excluding carboxylic acids is 1. The lowest BCUT2D eigenvalue weighted by molar-refractivity contribution is -0.121. The largest absolute Gasteiger partial charge is 0.350 e. The summed E-state index contributed by atoms with van der Waals surface area (Å²) in [5.41, 5.74) is 0.535. The maximum atomic E-state index is 11.8. The van der Waals surface area contributed by atoms with Crippen molar-refractivity contribution < 1.29 is 4.79 Å². The van der Waals surface area contributed by atoms with Crippen LogP contribution in [0.15, 0.2) is 29.4 Å². The zero-order valence-corrected chi connectivity index (χ0v) is 16.7. The van der Waals surface area contributed by atoms with Crippen molar-refractivity contribution in [3.05, 3.63) is 30.2 Å². The molecule has 0 unspecified atom stereocenters. The predicted molar refractivity (Wildman–Crippen MR) is 104 cm³/mol. The molecule has 0 spiro atoms. The van der Waals surface area contributed by atoms with Gasteiger partial charge in [-0.15, -0.1) is 34.2 Å². The Morgan fingerprint density at radius 3 is 2.67 bits per heavy atom. The van der Waals surface area contributed by atoms with E-state index in [4.69, 9.17) is 0 Å². The topological polar surface area (TPSA) is 95.7 Å². The monoisotopic (exact) mass is 445 g/mol. The lowest BCUT2D eigenvalue weighted by Gasteiger charge is -2.21. The molecule has 132 valence electrons. The van der Waals surface area contributed by atoms with Gasteiger partial charge in [0.25, 0.3) is 0 Å². The van der Waals surface area contributed by atoms with E-state index in [0.717, 1.165) is 11.5 Å². The molecule has 1 amide bonds. The summed E-state index contributed by atoms with van der Waals surface area (Å²) in [7, 11) is 1.65. The van der Waals surface area contributed by atoms with Crippen LogP contribution in [0, 0.1) is 0 Å². The number of nitrogens with zero attached hydrogens (tertiary/aromatic N) is 4. The molecule has 3 N–H and O–H groups in total. The number of hydrogen-bond acceptors (Lipinski definition) is 4. The van der Waals surface area contributed by atoms with Gasteiger partial charge in [-0.25, -0.2) is 0 Å². The highest BCUT2D eigenvalue weighted by atomic mass is 127. The van der Waals surface area contributed by atoms with Gasteiger partial charge in [-0.3, -0.25) is 14.2 Å². The van der Waals surface area contributed by atoms with E-state index < -0.39 is 0 Å². The molecule has 9 heteroatoms. The molecule has 0 aliphatic carbocycles. The maximum Gasteiger partial charge on any atom is 0.239 e. The zero-order valence-electron chi connectivity index (χ0n) is 14.3. The second kappa shape index (κ2) is 8.81. The summed E-state index contributed by atoms with van der Waals surface area (Å²) in [6, 6.07) is 5.72. The molecule has 0 aliphatic heterocycles. The number of aliphatic imine (C=N–C) groups is 1. The molecule has 0 saturated carbocycles. The van der Waals surface area contributed by atoms with Gasteiger partial charge in [0, 0.05) is 18.8 Å². The number of rotatable bonds is 4. The fourth-order valence-corrected chi connectivity index (χ4v) is 2.02. The van der Waals surface area contributed by atoms with E-state index in [1.165, 1.54) is 0 Å². The summed E-state index contributed by atoms with van der Waals surface area (Å²) in [4.78, 5) is 15.9. The van der Waals surface area contributed by atoms with Crippen LogP contribution >= 0.6 is 24.0 Å². The molecular weight excluding hydrogens is 421 g/mol. The summed E-state index contributed by atoms with van der Waals surface area (Å²) in [6.07, 6.45) is 1.90. The normalized spacial score (nSPS) is 11.8. The minimum atomic E-state index is -0.254. The van der Waals surface area contributed by atoms with Crippen molar-refractivity contribution in [2.75, 3.05) is 13.6 Å². The van der Waals surface area contributed by atoms with Crippen LogP contribution in [0.5, 0.6) is 0 Å². The zero-order chi connectivity index (χ0) is 16.9. The van der Waals surface area contributed by atoms with E-state index in [2.05, 4.69) is 31.1 Å². The molecular formula is C15H24IN7O. The van der Waals surface area contributed by atoms with Gasteiger partial charge in [0.05, 0.1) is 13.1 Å². The Balaban J connectivity index is 0.00000288. The molecule has 0 radical (unpaired) electrons. The van der Waals surface area contributed by atoms with Crippen LogP contribution in [-0.4, -0.2) is 45.6 Å². The highest BCUT2D eigenvalue weighted by Gasteiger charge is 2.13. The Labute approximate surface area is 158 Å². The molecule has 2 rings (SSSR count). The second-order valence-electron chi connectivity index (χ2n) is 6.12. The van der Waals surface area contributed by atoms with Crippen LogP contribution in [0.1, 0.15) is 26.6 Å². The van der Waals surface area contributed by atoms with Crippen molar-refractivity contribution in [2.45, 2.75) is 32.9 Å². The van der Waals surface area contributed by atoms with Gasteiger partial charge in [0.1, 0.15) is 0 Å². The molecule has 24 heavy (non-hydrogen) atoms. The smallest absolute Gasteiger partial charge is 0.239 e. The second-order valence-corrected chi connectivity index (χ2v) is 6.12. The van der Waals surface area contributed by atoms with Crippen LogP contribution in [0.25, 0.3) is 5.65 Å². The number of pyridine rings is 1. The van der Waals surface area contributed by atoms with Gasteiger partial charge in [-0.2, -0.15) is 0 Å². The van der Waals surface area contributed by atoms with E-state index in [1.807, 2.05) is 49.6 Å². The van der Waals surface area contributed by atoms with Crippen LogP contribution in [0.3, 0.4) is 0 Å². The predicted octanol–water partition coefficient (Wildman–Crippen LogP) is 0.927. The fraction of sp³-hybridized carbons (Fsp3) is 0.467. The van der Waals surface area contributed by atoms with Gasteiger partial charge in [-0.05, 0) is 32.9 Å². The number of aromatic nitrogens is 3. The van der Waals surface area contributed by atoms with Crippen molar-refractivity contribution in [2.24, 2.45) is 4.99 Å². The van der Waals surface area contributed by atoms with E-state index in [1.54, 1.807) is 7.05 Å². The Kier molecular flexibility index (Phi) is 7.39. The Hall–Kier alpha value is -1.91. The number of halogens is 1. The van der Waals surface area contributed by atoms with Crippen molar-refractivity contribution in [1.29, 1.82) is 0 Å². The summed E-state index contributed by atoms with van der Waals surface area (Å²) in [5, 5.41) is 17.2. The van der Waals surface area contributed by atoms with E-state index in [-0.39, 0.29) is 42.0 Å². The highest BCUT2D eigenvalue weighted by molar-refractivity contribution is 14.0. The minimum absolute atomic E-state index is 0. The molecule has 0 bridgehead atoms. The van der Waals surface area contributed by atoms with Crippen molar-refractivity contribution >= 4 is 41.5 Å². The lowest BCUT2D eigenvalue weighted by Crippen LogP contribution is -2.48. The van der Waals surface area contributed by atoms with Crippen molar-refractivity contribution in [1.82, 2.24) is 30.5 Å². The van der Waals surface area contributed by atoms with Gasteiger partial charge >= 0.3 is 0 Å². The van der Waals surface area contributed by atoms with E-state index >= 15 is 0 Å². The molecule has 2 heterocycles. The maximum absolute atomic E-state index is 11.8. The first-order valence-corrected chi connectivity index (χ1v) is 7.43. The quantitative estimate of drug-likeness (QED) is 0.370. The molecule has 0 aromatic carbocycles. The number of carbonyl (C=O) groups is 1. The first kappa shape index (κ1) is 20.1. The summed E-state index contributed by atoms with van der Waals surface area (Å²) in [5.74, 6) is 1.21. The molecule has 0 saturated heterocycles. The van der Waals surface area contributed by atoms with Gasteiger partial charge in [-0.1, -0.05) is 6.07 Å². The van der Waals surface area contributed by atoms with Crippen molar-refractivity contribution in [3.63, 3.8) is 0 Å². The van der Waals surface area contributed by atoms with Gasteiger partial charge in [0.2, 0.25) is 5.91 Å². The van der Waals surface area contributed by atoms with Crippen LogP contribution in [0.2, 0.25) is 0 Å². The highest BCUT2D eigenvalue weighted by Crippen LogP contribution is 2.02. The van der Waals surface area contributed by atoms with Gasteiger partial charge in [0.15, 0.2) is 17.4 Å². The molecule has 2 aromatic heterocycles. The summed E-state index contributed by atoms with van der Waals surface area (Å²) in [6.45, 7) is 6.42. The summed E-state index contributed by atoms with van der Waals surface area (Å²) < 4.78 is 1.90. The number of amides is 1. The molecule has 8 nitrogen and oxygen atoms in total. The number of hydrogen-bond donors (Lipinski definition) is 3. The molecule has 0 fully saturated rings. The SMILES string of the molecule is CN=C(NCC(=O)NC(C)(C)C)NCc1nnc2ccccn12.I. The van der Waals surface area contributed by atoms with E-state index in [0.29, 0.717) is 12.5 Å². The third-order valence-corrected chi connectivity index (χ3v) is 2.95. The van der Waals surface area contributed by atoms with Gasteiger partial charge < -0.3 is 16.0 Å².